The molecule has 224 valence electrons. The molecule has 0 atom stereocenters. The van der Waals surface area contributed by atoms with Crippen molar-refractivity contribution in [1.29, 1.82) is 0 Å². The van der Waals surface area contributed by atoms with Crippen LogP contribution in [0, 0.1) is 0 Å². The van der Waals surface area contributed by atoms with Crippen molar-refractivity contribution in [3.63, 3.8) is 0 Å². The number of pyridine rings is 6. The minimum absolute atomic E-state index is 0. The fourth-order valence-corrected chi connectivity index (χ4v) is 3.65. The molecule has 0 saturated carbocycles. The number of carbonyl (C=O) groups excluding carboxylic acids is 2. The topological polar surface area (TPSA) is 135 Å². The SMILES string of the molecule is O=C1CCC(=O)N1O.[Ru+2].c1ccc(-c2ccccn2)nc1.c1ccc(-c2ccccn2)nc1.c1ccc(-c2ccccn2)nc1. The van der Waals surface area contributed by atoms with Gasteiger partial charge in [-0.05, 0) is 72.8 Å². The predicted octanol–water partition coefficient (Wildman–Crippen LogP) is 5.95. The van der Waals surface area contributed by atoms with Gasteiger partial charge in [-0.25, -0.2) is 0 Å². The quantitative estimate of drug-likeness (QED) is 0.136. The Balaban J connectivity index is 0.000000164. The second-order valence-electron chi connectivity index (χ2n) is 8.89. The van der Waals surface area contributed by atoms with Crippen molar-refractivity contribution in [3.8, 4) is 34.2 Å². The van der Waals surface area contributed by atoms with Crippen LogP contribution in [0.4, 0.5) is 0 Å². The molecule has 1 aliphatic rings. The van der Waals surface area contributed by atoms with Crippen LogP contribution in [0.5, 0.6) is 0 Å². The average Bonchev–Trinajstić information content (AvgIpc) is 3.42. The summed E-state index contributed by atoms with van der Waals surface area (Å²) in [5.74, 6) is -1.01. The van der Waals surface area contributed by atoms with E-state index < -0.39 is 11.8 Å². The molecule has 0 aromatic carbocycles. The van der Waals surface area contributed by atoms with Crippen molar-refractivity contribution in [2.24, 2.45) is 0 Å². The van der Waals surface area contributed by atoms with Gasteiger partial charge in [0.25, 0.3) is 11.8 Å². The molecule has 2 amide bonds. The van der Waals surface area contributed by atoms with Gasteiger partial charge in [0, 0.05) is 50.0 Å². The number of amides is 2. The molecule has 6 aromatic heterocycles. The van der Waals surface area contributed by atoms with Gasteiger partial charge in [0.05, 0.1) is 34.2 Å². The number of hydrogen-bond acceptors (Lipinski definition) is 9. The zero-order chi connectivity index (χ0) is 30.8. The molecule has 6 aromatic rings. The van der Waals surface area contributed by atoms with Gasteiger partial charge >= 0.3 is 19.5 Å². The fourth-order valence-electron chi connectivity index (χ4n) is 3.65. The molecular formula is C34H29N7O3Ru+2. The second-order valence-corrected chi connectivity index (χ2v) is 8.89. The second kappa shape index (κ2) is 19.0. The Morgan fingerprint density at radius 3 is 0.711 bits per heavy atom. The molecule has 10 nitrogen and oxygen atoms in total. The molecule has 7 rings (SSSR count). The molecular weight excluding hydrogens is 655 g/mol. The van der Waals surface area contributed by atoms with Crippen LogP contribution in [0.3, 0.4) is 0 Å². The van der Waals surface area contributed by atoms with Crippen LogP contribution in [0.1, 0.15) is 12.8 Å². The van der Waals surface area contributed by atoms with Gasteiger partial charge in [-0.1, -0.05) is 36.4 Å². The summed E-state index contributed by atoms with van der Waals surface area (Å²) in [4.78, 5) is 45.6. The number of nitrogens with zero attached hydrogens (tertiary/aromatic N) is 7. The van der Waals surface area contributed by atoms with Gasteiger partial charge in [0.15, 0.2) is 0 Å². The Kier molecular flexibility index (Phi) is 14.4. The minimum Gasteiger partial charge on any atom is -0.279 e. The summed E-state index contributed by atoms with van der Waals surface area (Å²) in [6.45, 7) is 0. The Bertz CT molecular complexity index is 1380. The van der Waals surface area contributed by atoms with Crippen LogP contribution in [-0.2, 0) is 29.1 Å². The van der Waals surface area contributed by atoms with Crippen LogP contribution in [0.15, 0.2) is 146 Å². The minimum atomic E-state index is -0.505. The van der Waals surface area contributed by atoms with Crippen molar-refractivity contribution in [2.75, 3.05) is 0 Å². The molecule has 0 radical (unpaired) electrons. The van der Waals surface area contributed by atoms with Crippen molar-refractivity contribution >= 4 is 11.8 Å². The zero-order valence-corrected chi connectivity index (χ0v) is 25.8. The van der Waals surface area contributed by atoms with E-state index in [1.165, 1.54) is 0 Å². The largest absolute Gasteiger partial charge is 2.00 e. The summed E-state index contributed by atoms with van der Waals surface area (Å²) < 4.78 is 0. The average molecular weight is 685 g/mol. The third kappa shape index (κ3) is 11.3. The maximum Gasteiger partial charge on any atom is 2.00 e. The maximum atomic E-state index is 10.2. The van der Waals surface area contributed by atoms with E-state index in [1.54, 1.807) is 37.2 Å². The number of aromatic nitrogens is 6. The Morgan fingerprint density at radius 1 is 0.400 bits per heavy atom. The first-order valence-electron chi connectivity index (χ1n) is 13.6. The fraction of sp³-hybridized carbons (Fsp3) is 0.0588. The number of hydroxylamine groups is 2. The summed E-state index contributed by atoms with van der Waals surface area (Å²) in [7, 11) is 0. The van der Waals surface area contributed by atoms with E-state index in [1.807, 2.05) is 109 Å². The summed E-state index contributed by atoms with van der Waals surface area (Å²) in [5.41, 5.74) is 5.49. The summed E-state index contributed by atoms with van der Waals surface area (Å²) >= 11 is 0. The Hall–Kier alpha value is -5.38. The van der Waals surface area contributed by atoms with Crippen LogP contribution >= 0.6 is 0 Å². The van der Waals surface area contributed by atoms with Crippen molar-refractivity contribution in [3.05, 3.63) is 146 Å². The molecule has 1 aliphatic heterocycles. The van der Waals surface area contributed by atoms with Crippen LogP contribution in [0.25, 0.3) is 34.2 Å². The monoisotopic (exact) mass is 685 g/mol. The standard InChI is InChI=1S/3C10H8N2.C4H5NO3.Ru/c3*1-3-7-11-9(5-1)10-6-2-4-8-12-10;6-3-1-2-4(7)5(3)8;/h3*1-8H;8H,1-2H2;/q;;;;+2. The molecule has 7 heterocycles. The first-order chi connectivity index (χ1) is 21.6. The van der Waals surface area contributed by atoms with E-state index >= 15 is 0 Å². The zero-order valence-electron chi connectivity index (χ0n) is 24.0. The maximum absolute atomic E-state index is 10.2. The van der Waals surface area contributed by atoms with E-state index in [4.69, 9.17) is 5.21 Å². The predicted molar refractivity (Wildman–Crippen MR) is 165 cm³/mol. The molecule has 0 unspecified atom stereocenters. The van der Waals surface area contributed by atoms with Gasteiger partial charge in [-0.2, -0.15) is 5.06 Å². The summed E-state index contributed by atoms with van der Waals surface area (Å²) in [6, 6.07) is 34.8. The van der Waals surface area contributed by atoms with Gasteiger partial charge in [0.2, 0.25) is 0 Å². The number of rotatable bonds is 3. The smallest absolute Gasteiger partial charge is 0.279 e. The number of carbonyl (C=O) groups is 2. The van der Waals surface area contributed by atoms with Gasteiger partial charge < -0.3 is 0 Å². The molecule has 11 heteroatoms. The molecule has 45 heavy (non-hydrogen) atoms. The Labute approximate surface area is 273 Å². The van der Waals surface area contributed by atoms with E-state index in [2.05, 4.69) is 29.9 Å². The molecule has 1 saturated heterocycles. The molecule has 1 N–H and O–H groups in total. The van der Waals surface area contributed by atoms with E-state index in [-0.39, 0.29) is 37.4 Å². The van der Waals surface area contributed by atoms with Gasteiger partial charge in [0.1, 0.15) is 0 Å². The number of hydrogen-bond donors (Lipinski definition) is 1. The molecule has 0 aliphatic carbocycles. The normalized spacial score (nSPS) is 11.4. The van der Waals surface area contributed by atoms with E-state index in [0.717, 1.165) is 34.2 Å². The first kappa shape index (κ1) is 34.1. The van der Waals surface area contributed by atoms with E-state index in [0.29, 0.717) is 0 Å². The van der Waals surface area contributed by atoms with Crippen molar-refractivity contribution < 1.29 is 34.3 Å². The van der Waals surface area contributed by atoms with Crippen molar-refractivity contribution in [1.82, 2.24) is 35.0 Å². The van der Waals surface area contributed by atoms with Crippen LogP contribution in [-0.4, -0.2) is 52.0 Å². The van der Waals surface area contributed by atoms with E-state index in [9.17, 15) is 9.59 Å². The third-order valence-electron chi connectivity index (χ3n) is 5.80. The Morgan fingerprint density at radius 2 is 0.600 bits per heavy atom. The van der Waals surface area contributed by atoms with Gasteiger partial charge in [-0.3, -0.25) is 44.7 Å². The van der Waals surface area contributed by atoms with Crippen LogP contribution in [0.2, 0.25) is 0 Å². The van der Waals surface area contributed by atoms with Crippen LogP contribution < -0.4 is 0 Å². The summed E-state index contributed by atoms with van der Waals surface area (Å²) in [5, 5.41) is 8.57. The first-order valence-corrected chi connectivity index (χ1v) is 13.6. The molecule has 1 fully saturated rings. The molecule has 0 spiro atoms. The third-order valence-corrected chi connectivity index (χ3v) is 5.80. The van der Waals surface area contributed by atoms with Gasteiger partial charge in [-0.15, -0.1) is 0 Å². The summed E-state index contributed by atoms with van der Waals surface area (Å²) in [6.07, 6.45) is 10.9. The van der Waals surface area contributed by atoms with Crippen molar-refractivity contribution in [2.45, 2.75) is 12.8 Å². The number of imide groups is 1. The molecule has 0 bridgehead atoms.